The molecule has 0 aromatic carbocycles. The number of rotatable bonds is 16. The first-order valence-corrected chi connectivity index (χ1v) is 14.7. The summed E-state index contributed by atoms with van der Waals surface area (Å²) >= 11 is 18.0. The van der Waals surface area contributed by atoms with Crippen LogP contribution < -0.4 is 0 Å². The summed E-state index contributed by atoms with van der Waals surface area (Å²) in [6.45, 7) is 2.26. The fraction of sp³-hybridized carbons (Fsp3) is 0.944. The molecule has 0 saturated carbocycles. The van der Waals surface area contributed by atoms with Crippen LogP contribution in [0.1, 0.15) is 96.8 Å². The summed E-state index contributed by atoms with van der Waals surface area (Å²) < 4.78 is 4.75. The highest BCUT2D eigenvalue weighted by Gasteiger charge is 2.42. The van der Waals surface area contributed by atoms with Gasteiger partial charge in [-0.1, -0.05) is 90.4 Å². The first-order valence-electron chi connectivity index (χ1n) is 9.58. The standard InChI is InChI=1S/C18H35Cl3O2Si/c1-3-4-5-6-7-8-9-10-11-12-13-14-15-16-17(18(22)23-2)24(19,20)21/h17H,3-16H2,1-2H3. The van der Waals surface area contributed by atoms with Gasteiger partial charge in [0.15, 0.2) is 0 Å². The molecule has 0 aromatic heterocycles. The molecular weight excluding hydrogens is 383 g/mol. The van der Waals surface area contributed by atoms with Gasteiger partial charge in [-0.25, -0.2) is 0 Å². The Labute approximate surface area is 164 Å². The van der Waals surface area contributed by atoms with E-state index in [-0.39, 0.29) is 5.97 Å². The van der Waals surface area contributed by atoms with Gasteiger partial charge in [0, 0.05) is 0 Å². The van der Waals surface area contributed by atoms with Gasteiger partial charge in [-0.2, -0.15) is 0 Å². The lowest BCUT2D eigenvalue weighted by molar-refractivity contribution is -0.140. The highest BCUT2D eigenvalue weighted by molar-refractivity contribution is 7.65. The third-order valence-corrected chi connectivity index (χ3v) is 8.16. The molecule has 0 heterocycles. The summed E-state index contributed by atoms with van der Waals surface area (Å²) in [5.41, 5.74) is -0.528. The van der Waals surface area contributed by atoms with Crippen LogP contribution in [-0.2, 0) is 9.53 Å². The van der Waals surface area contributed by atoms with Gasteiger partial charge in [-0.05, 0) is 6.42 Å². The van der Waals surface area contributed by atoms with Crippen molar-refractivity contribution < 1.29 is 9.53 Å². The van der Waals surface area contributed by atoms with E-state index in [9.17, 15) is 4.79 Å². The van der Waals surface area contributed by atoms with E-state index in [0.717, 1.165) is 12.8 Å². The maximum Gasteiger partial charge on any atom is 0.355 e. The molecule has 0 bridgehead atoms. The van der Waals surface area contributed by atoms with Crippen LogP contribution in [0.25, 0.3) is 0 Å². The molecule has 0 aliphatic heterocycles. The Morgan fingerprint density at radius 3 is 1.50 bits per heavy atom. The number of carbonyl (C=O) groups is 1. The van der Waals surface area contributed by atoms with Crippen molar-refractivity contribution in [3.63, 3.8) is 0 Å². The second-order valence-corrected chi connectivity index (χ2v) is 15.5. The maximum atomic E-state index is 11.7. The van der Waals surface area contributed by atoms with Crippen LogP contribution in [0.4, 0.5) is 0 Å². The van der Waals surface area contributed by atoms with E-state index >= 15 is 0 Å². The summed E-state index contributed by atoms with van der Waals surface area (Å²) in [5.74, 6) is -0.374. The number of unbranched alkanes of at least 4 members (excludes halogenated alkanes) is 12. The van der Waals surface area contributed by atoms with E-state index in [1.807, 2.05) is 0 Å². The number of carbonyl (C=O) groups excluding carboxylic acids is 1. The summed E-state index contributed by atoms with van der Waals surface area (Å²) in [5, 5.41) is 0. The zero-order valence-corrected chi connectivity index (χ0v) is 18.7. The highest BCUT2D eigenvalue weighted by atomic mass is 35.8. The molecule has 6 heteroatoms. The van der Waals surface area contributed by atoms with Crippen LogP contribution in [0.5, 0.6) is 0 Å². The van der Waals surface area contributed by atoms with Crippen molar-refractivity contribution in [3.8, 4) is 0 Å². The number of hydrogen-bond donors (Lipinski definition) is 0. The van der Waals surface area contributed by atoms with Crippen LogP contribution in [0.2, 0.25) is 5.54 Å². The molecule has 0 spiro atoms. The smallest absolute Gasteiger partial charge is 0.355 e. The topological polar surface area (TPSA) is 26.3 Å². The Morgan fingerprint density at radius 1 is 0.792 bits per heavy atom. The average molecular weight is 418 g/mol. The lowest BCUT2D eigenvalue weighted by atomic mass is 10.0. The minimum Gasteiger partial charge on any atom is -0.469 e. The first-order chi connectivity index (χ1) is 11.4. The Balaban J connectivity index is 3.48. The minimum atomic E-state index is -3.03. The van der Waals surface area contributed by atoms with Crippen LogP contribution in [0.3, 0.4) is 0 Å². The monoisotopic (exact) mass is 416 g/mol. The normalized spacial score (nSPS) is 13.0. The summed E-state index contributed by atoms with van der Waals surface area (Å²) in [6.07, 6.45) is 17.5. The molecule has 0 aliphatic carbocycles. The van der Waals surface area contributed by atoms with Gasteiger partial charge in [-0.15, -0.1) is 33.2 Å². The number of hydrogen-bond acceptors (Lipinski definition) is 2. The maximum absolute atomic E-state index is 11.7. The molecule has 1 atom stereocenters. The van der Waals surface area contributed by atoms with Crippen molar-refractivity contribution in [1.29, 1.82) is 0 Å². The van der Waals surface area contributed by atoms with Gasteiger partial charge < -0.3 is 4.74 Å². The Morgan fingerprint density at radius 2 is 1.17 bits per heavy atom. The summed E-state index contributed by atoms with van der Waals surface area (Å²) in [4.78, 5) is 11.7. The van der Waals surface area contributed by atoms with Crippen molar-refractivity contribution in [3.05, 3.63) is 0 Å². The molecule has 0 aromatic rings. The first kappa shape index (κ1) is 24.6. The quantitative estimate of drug-likeness (QED) is 0.111. The second kappa shape index (κ2) is 15.8. The third-order valence-electron chi connectivity index (χ3n) is 4.48. The highest BCUT2D eigenvalue weighted by Crippen LogP contribution is 2.38. The van der Waals surface area contributed by atoms with Gasteiger partial charge in [0.1, 0.15) is 0 Å². The number of halogens is 3. The number of methoxy groups -OCH3 is 1. The van der Waals surface area contributed by atoms with Crippen LogP contribution in [-0.4, -0.2) is 19.1 Å². The molecule has 0 N–H and O–H groups in total. The lowest BCUT2D eigenvalue weighted by Crippen LogP contribution is -2.28. The molecule has 1 unspecified atom stereocenters. The zero-order valence-electron chi connectivity index (χ0n) is 15.4. The van der Waals surface area contributed by atoms with E-state index in [4.69, 9.17) is 38.0 Å². The fourth-order valence-electron chi connectivity index (χ4n) is 2.92. The number of esters is 1. The lowest BCUT2D eigenvalue weighted by Gasteiger charge is -2.19. The predicted octanol–water partition coefficient (Wildman–Crippen LogP) is 7.67. The van der Waals surface area contributed by atoms with Gasteiger partial charge in [-0.3, -0.25) is 4.79 Å². The Hall–Kier alpha value is 0.557. The molecule has 2 nitrogen and oxygen atoms in total. The van der Waals surface area contributed by atoms with E-state index in [0.29, 0.717) is 6.42 Å². The van der Waals surface area contributed by atoms with Gasteiger partial charge in [0.25, 0.3) is 0 Å². The minimum absolute atomic E-state index is 0.374. The molecule has 0 aliphatic rings. The second-order valence-electron chi connectivity index (χ2n) is 6.65. The van der Waals surface area contributed by atoms with Crippen molar-refractivity contribution in [2.45, 2.75) is 102 Å². The Bertz CT molecular complexity index is 309. The molecule has 0 rings (SSSR count). The molecule has 0 fully saturated rings. The summed E-state index contributed by atoms with van der Waals surface area (Å²) in [6, 6.07) is -3.03. The molecule has 0 amide bonds. The molecular formula is C18H35Cl3O2Si. The van der Waals surface area contributed by atoms with Gasteiger partial charge >= 0.3 is 12.0 Å². The number of ether oxygens (including phenoxy) is 1. The molecule has 0 radical (unpaired) electrons. The van der Waals surface area contributed by atoms with Crippen molar-refractivity contribution in [2.24, 2.45) is 0 Å². The fourth-order valence-corrected chi connectivity index (χ4v) is 5.62. The molecule has 144 valence electrons. The van der Waals surface area contributed by atoms with Crippen LogP contribution >= 0.6 is 33.2 Å². The van der Waals surface area contributed by atoms with E-state index < -0.39 is 11.5 Å². The Kier molecular flexibility index (Phi) is 16.2. The van der Waals surface area contributed by atoms with Gasteiger partial charge in [0.05, 0.1) is 12.7 Å². The molecule has 0 saturated heterocycles. The van der Waals surface area contributed by atoms with E-state index in [1.165, 1.54) is 77.7 Å². The largest absolute Gasteiger partial charge is 0.469 e. The van der Waals surface area contributed by atoms with Crippen LogP contribution in [0, 0.1) is 0 Å². The molecule has 24 heavy (non-hydrogen) atoms. The van der Waals surface area contributed by atoms with Crippen molar-refractivity contribution in [1.82, 2.24) is 0 Å². The van der Waals surface area contributed by atoms with E-state index in [2.05, 4.69) is 6.92 Å². The van der Waals surface area contributed by atoms with Crippen LogP contribution in [0.15, 0.2) is 0 Å². The predicted molar refractivity (Wildman–Crippen MR) is 109 cm³/mol. The van der Waals surface area contributed by atoms with E-state index in [1.54, 1.807) is 0 Å². The summed E-state index contributed by atoms with van der Waals surface area (Å²) in [7, 11) is 1.35. The SMILES string of the molecule is CCCCCCCCCCCCCCCC(C(=O)OC)[Si](Cl)(Cl)Cl. The van der Waals surface area contributed by atoms with Crippen molar-refractivity contribution >= 4 is 45.2 Å². The zero-order chi connectivity index (χ0) is 18.3. The average Bonchev–Trinajstić information content (AvgIpc) is 2.53. The van der Waals surface area contributed by atoms with Gasteiger partial charge in [0.2, 0.25) is 0 Å². The van der Waals surface area contributed by atoms with Crippen molar-refractivity contribution in [2.75, 3.05) is 7.11 Å². The third kappa shape index (κ3) is 13.8.